The van der Waals surface area contributed by atoms with Crippen molar-refractivity contribution in [2.24, 2.45) is 7.05 Å². The molecule has 0 unspecified atom stereocenters. The normalized spacial score (nSPS) is 11.0. The Morgan fingerprint density at radius 2 is 1.77 bits per heavy atom. The number of fused-ring (bicyclic) bond motifs is 1. The molecule has 1 N–H and O–H groups in total. The molecule has 3 aromatic heterocycles. The highest BCUT2D eigenvalue weighted by Gasteiger charge is 2.15. The molecule has 10 nitrogen and oxygen atoms in total. The van der Waals surface area contributed by atoms with Gasteiger partial charge >= 0.3 is 0 Å². The standard InChI is InChI=1S/C28H26N6O4S/c1-17-21-10-12-24(35)34(25(21)32-27(31-17)39-28-29-13-14-33(28)2)20-8-6-19(7-9-20)26(36)30-16-18-5-11-22(37-3)23(15-18)38-4/h5-15H,16H2,1-4H3,(H,30,36). The Morgan fingerprint density at radius 1 is 1.00 bits per heavy atom. The van der Waals surface area contributed by atoms with Crippen molar-refractivity contribution in [1.29, 1.82) is 0 Å². The van der Waals surface area contributed by atoms with Crippen LogP contribution in [-0.4, -0.2) is 44.2 Å². The van der Waals surface area contributed by atoms with Crippen LogP contribution >= 0.6 is 11.8 Å². The van der Waals surface area contributed by atoms with Gasteiger partial charge in [0.05, 0.1) is 25.6 Å². The molecule has 0 fully saturated rings. The Hall–Kier alpha value is -4.64. The first-order valence-electron chi connectivity index (χ1n) is 12.0. The number of hydrogen-bond donors (Lipinski definition) is 1. The third-order valence-corrected chi connectivity index (χ3v) is 7.11. The zero-order valence-corrected chi connectivity index (χ0v) is 22.7. The van der Waals surface area contributed by atoms with Gasteiger partial charge in [0.2, 0.25) is 0 Å². The second-order valence-electron chi connectivity index (χ2n) is 8.68. The van der Waals surface area contributed by atoms with Crippen LogP contribution < -0.4 is 20.3 Å². The fraction of sp³-hybridized carbons (Fsp3) is 0.179. The van der Waals surface area contributed by atoms with Crippen LogP contribution in [0.15, 0.2) is 82.1 Å². The maximum atomic E-state index is 13.0. The lowest BCUT2D eigenvalue weighted by atomic mass is 10.1. The summed E-state index contributed by atoms with van der Waals surface area (Å²) in [6.07, 6.45) is 3.55. The predicted molar refractivity (Wildman–Crippen MR) is 148 cm³/mol. The summed E-state index contributed by atoms with van der Waals surface area (Å²) in [4.78, 5) is 39.4. The zero-order valence-electron chi connectivity index (χ0n) is 21.8. The van der Waals surface area contributed by atoms with Gasteiger partial charge in [-0.15, -0.1) is 0 Å². The van der Waals surface area contributed by atoms with Gasteiger partial charge < -0.3 is 19.4 Å². The number of benzene rings is 2. The molecule has 0 atom stereocenters. The summed E-state index contributed by atoms with van der Waals surface area (Å²) in [5, 5.41) is 4.89. The van der Waals surface area contributed by atoms with E-state index in [1.54, 1.807) is 56.8 Å². The largest absolute Gasteiger partial charge is 0.493 e. The Morgan fingerprint density at radius 3 is 2.46 bits per heavy atom. The number of pyridine rings is 1. The Balaban J connectivity index is 1.40. The Kier molecular flexibility index (Phi) is 7.33. The number of methoxy groups -OCH3 is 2. The second kappa shape index (κ2) is 11.0. The van der Waals surface area contributed by atoms with E-state index in [4.69, 9.17) is 14.5 Å². The first-order valence-corrected chi connectivity index (χ1v) is 12.8. The topological polar surface area (TPSA) is 113 Å². The lowest BCUT2D eigenvalue weighted by Gasteiger charge is -2.13. The average Bonchev–Trinajstić information content (AvgIpc) is 3.35. The van der Waals surface area contributed by atoms with Crippen LogP contribution in [0.1, 0.15) is 21.6 Å². The molecule has 11 heteroatoms. The van der Waals surface area contributed by atoms with Gasteiger partial charge in [-0.05, 0) is 66.7 Å². The molecule has 3 heterocycles. The molecule has 0 saturated carbocycles. The first-order chi connectivity index (χ1) is 18.9. The van der Waals surface area contributed by atoms with Crippen molar-refractivity contribution < 1.29 is 14.3 Å². The van der Waals surface area contributed by atoms with Crippen LogP contribution in [-0.2, 0) is 13.6 Å². The van der Waals surface area contributed by atoms with Crippen LogP contribution in [0.5, 0.6) is 11.5 Å². The highest BCUT2D eigenvalue weighted by molar-refractivity contribution is 7.99. The number of aromatic nitrogens is 5. The van der Waals surface area contributed by atoms with E-state index in [2.05, 4.69) is 15.3 Å². The molecule has 39 heavy (non-hydrogen) atoms. The summed E-state index contributed by atoms with van der Waals surface area (Å²) in [5.74, 6) is 0.970. The zero-order chi connectivity index (χ0) is 27.5. The third kappa shape index (κ3) is 5.34. The van der Waals surface area contributed by atoms with E-state index < -0.39 is 0 Å². The van der Waals surface area contributed by atoms with Gasteiger partial charge in [0.15, 0.2) is 27.5 Å². The number of amides is 1. The second-order valence-corrected chi connectivity index (χ2v) is 9.61. The molecular weight excluding hydrogens is 516 g/mol. The maximum Gasteiger partial charge on any atom is 0.256 e. The van der Waals surface area contributed by atoms with Crippen LogP contribution in [0.3, 0.4) is 0 Å². The highest BCUT2D eigenvalue weighted by atomic mass is 32.2. The SMILES string of the molecule is COc1ccc(CNC(=O)c2ccc(-n3c(=O)ccc4c(C)nc(Sc5nccn5C)nc43)cc2)cc1OC. The minimum Gasteiger partial charge on any atom is -0.493 e. The van der Waals surface area contributed by atoms with Crippen LogP contribution in [0, 0.1) is 6.92 Å². The Bertz CT molecular complexity index is 1730. The van der Waals surface area contributed by atoms with Gasteiger partial charge in [0.1, 0.15) is 0 Å². The lowest BCUT2D eigenvalue weighted by molar-refractivity contribution is 0.0951. The van der Waals surface area contributed by atoms with E-state index in [1.807, 2.05) is 36.9 Å². The van der Waals surface area contributed by atoms with Crippen LogP contribution in [0.4, 0.5) is 0 Å². The predicted octanol–water partition coefficient (Wildman–Crippen LogP) is 3.92. The highest BCUT2D eigenvalue weighted by Crippen LogP contribution is 2.28. The fourth-order valence-corrected chi connectivity index (χ4v) is 4.90. The number of nitrogens with zero attached hydrogens (tertiary/aromatic N) is 5. The number of nitrogens with one attached hydrogen (secondary N) is 1. The molecule has 0 aliphatic carbocycles. The van der Waals surface area contributed by atoms with E-state index in [1.165, 1.54) is 22.4 Å². The van der Waals surface area contributed by atoms with Gasteiger partial charge in [-0.25, -0.2) is 15.0 Å². The molecule has 2 aromatic carbocycles. The summed E-state index contributed by atoms with van der Waals surface area (Å²) >= 11 is 1.32. The number of imidazole rings is 1. The van der Waals surface area contributed by atoms with Crippen LogP contribution in [0.25, 0.3) is 16.7 Å². The average molecular weight is 543 g/mol. The van der Waals surface area contributed by atoms with E-state index >= 15 is 0 Å². The van der Waals surface area contributed by atoms with E-state index in [9.17, 15) is 9.59 Å². The smallest absolute Gasteiger partial charge is 0.256 e. The number of carbonyl (C=O) groups is 1. The molecule has 0 aliphatic rings. The maximum absolute atomic E-state index is 13.0. The number of ether oxygens (including phenoxy) is 2. The molecular formula is C28H26N6O4S. The van der Waals surface area contributed by atoms with Gasteiger partial charge in [-0.3, -0.25) is 14.2 Å². The summed E-state index contributed by atoms with van der Waals surface area (Å²) < 4.78 is 14.0. The molecule has 0 aliphatic heterocycles. The number of carbonyl (C=O) groups excluding carboxylic acids is 1. The molecule has 198 valence electrons. The van der Waals surface area contributed by atoms with Crippen molar-refractivity contribution in [1.82, 2.24) is 29.4 Å². The fourth-order valence-electron chi connectivity index (χ4n) is 4.10. The summed E-state index contributed by atoms with van der Waals surface area (Å²) in [7, 11) is 5.03. The molecule has 5 aromatic rings. The molecule has 0 spiro atoms. The Labute approximate surface area is 228 Å². The van der Waals surface area contributed by atoms with Crippen molar-refractivity contribution in [2.75, 3.05) is 14.2 Å². The molecule has 1 amide bonds. The quantitative estimate of drug-likeness (QED) is 0.294. The number of hydrogen-bond acceptors (Lipinski definition) is 8. The summed E-state index contributed by atoms with van der Waals surface area (Å²) in [6, 6.07) is 15.5. The van der Waals surface area contributed by atoms with Crippen molar-refractivity contribution in [2.45, 2.75) is 23.8 Å². The minimum absolute atomic E-state index is 0.237. The first kappa shape index (κ1) is 26.0. The number of aryl methyl sites for hydroxylation is 2. The molecule has 0 bridgehead atoms. The van der Waals surface area contributed by atoms with E-state index in [0.29, 0.717) is 40.1 Å². The number of rotatable bonds is 8. The monoisotopic (exact) mass is 542 g/mol. The van der Waals surface area contributed by atoms with Gasteiger partial charge in [-0.1, -0.05) is 6.07 Å². The minimum atomic E-state index is -0.242. The third-order valence-electron chi connectivity index (χ3n) is 6.17. The lowest BCUT2D eigenvalue weighted by Crippen LogP contribution is -2.23. The van der Waals surface area contributed by atoms with Crippen molar-refractivity contribution >= 4 is 28.7 Å². The molecule has 5 rings (SSSR count). The summed E-state index contributed by atoms with van der Waals surface area (Å²) in [5.41, 5.74) is 2.92. The van der Waals surface area contributed by atoms with Crippen molar-refractivity contribution in [3.05, 3.63) is 94.2 Å². The van der Waals surface area contributed by atoms with Gasteiger partial charge in [0.25, 0.3) is 11.5 Å². The molecule has 0 radical (unpaired) electrons. The van der Waals surface area contributed by atoms with E-state index in [0.717, 1.165) is 21.8 Å². The van der Waals surface area contributed by atoms with Gasteiger partial charge in [-0.2, -0.15) is 0 Å². The summed E-state index contributed by atoms with van der Waals surface area (Å²) in [6.45, 7) is 2.20. The van der Waals surface area contributed by atoms with Gasteiger partial charge in [0, 0.05) is 43.0 Å². The van der Waals surface area contributed by atoms with Crippen molar-refractivity contribution in [3.63, 3.8) is 0 Å². The van der Waals surface area contributed by atoms with E-state index in [-0.39, 0.29) is 11.5 Å². The van der Waals surface area contributed by atoms with Crippen molar-refractivity contribution in [3.8, 4) is 17.2 Å². The van der Waals surface area contributed by atoms with Crippen LogP contribution in [0.2, 0.25) is 0 Å². The molecule has 0 saturated heterocycles.